The van der Waals surface area contributed by atoms with Crippen LogP contribution in [0.4, 0.5) is 5.69 Å². The topological polar surface area (TPSA) is 24.1 Å². The average molecular weight is 346 g/mol. The van der Waals surface area contributed by atoms with E-state index in [1.54, 1.807) is 18.2 Å². The lowest BCUT2D eigenvalue weighted by molar-refractivity contribution is 0.926. The summed E-state index contributed by atoms with van der Waals surface area (Å²) in [5, 5.41) is 8.28. The standard InChI is InChI=1S/C14H11Cl3N2S/c15-10-6-5-9(7-12(10)17)8-18-14(20)19-13-4-2-1-3-11(13)16/h1-7H,8H2,(H2,18,19,20). The summed E-state index contributed by atoms with van der Waals surface area (Å²) in [7, 11) is 0. The molecular weight excluding hydrogens is 335 g/mol. The maximum Gasteiger partial charge on any atom is 0.171 e. The SMILES string of the molecule is S=C(NCc1ccc(Cl)c(Cl)c1)Nc1ccccc1Cl. The van der Waals surface area contributed by atoms with Crippen LogP contribution in [0.25, 0.3) is 0 Å². The minimum Gasteiger partial charge on any atom is -0.358 e. The van der Waals surface area contributed by atoms with Crippen molar-refractivity contribution in [2.24, 2.45) is 0 Å². The van der Waals surface area contributed by atoms with Gasteiger partial charge in [0, 0.05) is 6.54 Å². The van der Waals surface area contributed by atoms with Crippen molar-refractivity contribution in [1.29, 1.82) is 0 Å². The van der Waals surface area contributed by atoms with Crippen molar-refractivity contribution >= 4 is 57.8 Å². The molecule has 0 spiro atoms. The molecule has 0 aliphatic carbocycles. The second kappa shape index (κ2) is 7.14. The van der Waals surface area contributed by atoms with E-state index >= 15 is 0 Å². The van der Waals surface area contributed by atoms with E-state index in [2.05, 4.69) is 10.6 Å². The first-order valence-corrected chi connectivity index (χ1v) is 7.34. The van der Waals surface area contributed by atoms with Gasteiger partial charge in [0.05, 0.1) is 20.8 Å². The Bertz CT molecular complexity index is 632. The zero-order valence-electron chi connectivity index (χ0n) is 10.3. The number of rotatable bonds is 3. The van der Waals surface area contributed by atoms with Gasteiger partial charge in [-0.05, 0) is 42.0 Å². The van der Waals surface area contributed by atoms with E-state index in [1.165, 1.54) is 0 Å². The van der Waals surface area contributed by atoms with Crippen LogP contribution >= 0.6 is 47.0 Å². The fraction of sp³-hybridized carbons (Fsp3) is 0.0714. The van der Waals surface area contributed by atoms with Gasteiger partial charge in [0.15, 0.2) is 5.11 Å². The van der Waals surface area contributed by atoms with Gasteiger partial charge < -0.3 is 10.6 Å². The molecule has 0 heterocycles. The van der Waals surface area contributed by atoms with Crippen molar-refractivity contribution in [3.63, 3.8) is 0 Å². The Balaban J connectivity index is 1.92. The number of halogens is 3. The number of anilines is 1. The van der Waals surface area contributed by atoms with E-state index in [-0.39, 0.29) is 0 Å². The molecular formula is C14H11Cl3N2S. The fourth-order valence-corrected chi connectivity index (χ4v) is 2.25. The third-order valence-corrected chi connectivity index (χ3v) is 3.87. The van der Waals surface area contributed by atoms with Gasteiger partial charge in [-0.15, -0.1) is 0 Å². The van der Waals surface area contributed by atoms with Gasteiger partial charge in [-0.1, -0.05) is 53.0 Å². The Morgan fingerprint density at radius 3 is 2.40 bits per heavy atom. The van der Waals surface area contributed by atoms with E-state index in [9.17, 15) is 0 Å². The molecule has 2 aromatic carbocycles. The Kier molecular flexibility index (Phi) is 5.49. The molecule has 0 aliphatic heterocycles. The second-order valence-corrected chi connectivity index (χ2v) is 5.67. The van der Waals surface area contributed by atoms with E-state index in [0.717, 1.165) is 11.3 Å². The summed E-state index contributed by atoms with van der Waals surface area (Å²) >= 11 is 23.1. The van der Waals surface area contributed by atoms with E-state index < -0.39 is 0 Å². The molecule has 2 nitrogen and oxygen atoms in total. The minimum atomic E-state index is 0.490. The van der Waals surface area contributed by atoms with Gasteiger partial charge in [0.1, 0.15) is 0 Å². The van der Waals surface area contributed by atoms with Crippen molar-refractivity contribution in [2.45, 2.75) is 6.54 Å². The summed E-state index contributed by atoms with van der Waals surface area (Å²) in [4.78, 5) is 0. The highest BCUT2D eigenvalue weighted by Gasteiger charge is 2.03. The van der Waals surface area contributed by atoms with Crippen LogP contribution in [-0.4, -0.2) is 5.11 Å². The van der Waals surface area contributed by atoms with Crippen LogP contribution in [0.2, 0.25) is 15.1 Å². The van der Waals surface area contributed by atoms with E-state index in [0.29, 0.717) is 26.7 Å². The third-order valence-electron chi connectivity index (χ3n) is 2.56. The van der Waals surface area contributed by atoms with Gasteiger partial charge in [-0.25, -0.2) is 0 Å². The van der Waals surface area contributed by atoms with E-state index in [1.807, 2.05) is 24.3 Å². The molecule has 2 rings (SSSR count). The molecule has 0 aromatic heterocycles. The predicted octanol–water partition coefficient (Wildman–Crippen LogP) is 5.13. The summed E-state index contributed by atoms with van der Waals surface area (Å²) in [6, 6.07) is 12.8. The van der Waals surface area contributed by atoms with Crippen LogP contribution in [-0.2, 0) is 6.54 Å². The predicted molar refractivity (Wildman–Crippen MR) is 91.0 cm³/mol. The normalized spacial score (nSPS) is 10.2. The summed E-state index contributed by atoms with van der Waals surface area (Å²) < 4.78 is 0. The number of thiocarbonyl (C=S) groups is 1. The lowest BCUT2D eigenvalue weighted by Crippen LogP contribution is -2.27. The Morgan fingerprint density at radius 1 is 0.950 bits per heavy atom. The molecule has 0 bridgehead atoms. The highest BCUT2D eigenvalue weighted by molar-refractivity contribution is 7.80. The Morgan fingerprint density at radius 2 is 1.70 bits per heavy atom. The highest BCUT2D eigenvalue weighted by Crippen LogP contribution is 2.23. The van der Waals surface area contributed by atoms with Crippen molar-refractivity contribution in [3.8, 4) is 0 Å². The van der Waals surface area contributed by atoms with Crippen molar-refractivity contribution in [2.75, 3.05) is 5.32 Å². The van der Waals surface area contributed by atoms with Crippen molar-refractivity contribution in [3.05, 3.63) is 63.1 Å². The maximum atomic E-state index is 6.04. The summed E-state index contributed by atoms with van der Waals surface area (Å²) in [5.41, 5.74) is 1.75. The fourth-order valence-electron chi connectivity index (χ4n) is 1.56. The molecule has 104 valence electrons. The van der Waals surface area contributed by atoms with Gasteiger partial charge >= 0.3 is 0 Å². The van der Waals surface area contributed by atoms with Gasteiger partial charge in [-0.2, -0.15) is 0 Å². The van der Waals surface area contributed by atoms with Crippen LogP contribution in [0.1, 0.15) is 5.56 Å². The lowest BCUT2D eigenvalue weighted by atomic mass is 10.2. The smallest absolute Gasteiger partial charge is 0.171 e. The first-order chi connectivity index (χ1) is 9.56. The molecule has 2 N–H and O–H groups in total. The number of para-hydroxylation sites is 1. The Labute approximate surface area is 138 Å². The molecule has 20 heavy (non-hydrogen) atoms. The van der Waals surface area contributed by atoms with Crippen molar-refractivity contribution in [1.82, 2.24) is 5.32 Å². The molecule has 0 amide bonds. The molecule has 0 atom stereocenters. The number of nitrogens with one attached hydrogen (secondary N) is 2. The van der Waals surface area contributed by atoms with E-state index in [4.69, 9.17) is 47.0 Å². The van der Waals surface area contributed by atoms with Crippen LogP contribution in [0.15, 0.2) is 42.5 Å². The first-order valence-electron chi connectivity index (χ1n) is 5.79. The van der Waals surface area contributed by atoms with Crippen LogP contribution in [0.3, 0.4) is 0 Å². The zero-order chi connectivity index (χ0) is 14.5. The molecule has 0 fully saturated rings. The molecule has 0 saturated carbocycles. The zero-order valence-corrected chi connectivity index (χ0v) is 13.4. The molecule has 0 saturated heterocycles. The molecule has 6 heteroatoms. The lowest BCUT2D eigenvalue weighted by Gasteiger charge is -2.12. The number of benzene rings is 2. The molecule has 2 aromatic rings. The van der Waals surface area contributed by atoms with Gasteiger partial charge in [-0.3, -0.25) is 0 Å². The highest BCUT2D eigenvalue weighted by atomic mass is 35.5. The van der Waals surface area contributed by atoms with Crippen LogP contribution in [0, 0.1) is 0 Å². The monoisotopic (exact) mass is 344 g/mol. The average Bonchev–Trinajstić information content (AvgIpc) is 2.43. The van der Waals surface area contributed by atoms with Crippen LogP contribution < -0.4 is 10.6 Å². The first kappa shape index (κ1) is 15.4. The number of hydrogen-bond donors (Lipinski definition) is 2. The number of hydrogen-bond acceptors (Lipinski definition) is 1. The molecule has 0 unspecified atom stereocenters. The van der Waals surface area contributed by atoms with Gasteiger partial charge in [0.2, 0.25) is 0 Å². The molecule has 0 aliphatic rings. The summed E-state index contributed by atoms with van der Waals surface area (Å²) in [5.74, 6) is 0. The minimum absolute atomic E-state index is 0.490. The Hall–Kier alpha value is -1.00. The third kappa shape index (κ3) is 4.25. The summed E-state index contributed by atoms with van der Waals surface area (Å²) in [6.07, 6.45) is 0. The largest absolute Gasteiger partial charge is 0.358 e. The van der Waals surface area contributed by atoms with Crippen molar-refractivity contribution < 1.29 is 0 Å². The molecule has 0 radical (unpaired) electrons. The second-order valence-electron chi connectivity index (χ2n) is 4.04. The maximum absolute atomic E-state index is 6.04. The van der Waals surface area contributed by atoms with Crippen LogP contribution in [0.5, 0.6) is 0 Å². The summed E-state index contributed by atoms with van der Waals surface area (Å²) in [6.45, 7) is 0.549. The van der Waals surface area contributed by atoms with Gasteiger partial charge in [0.25, 0.3) is 0 Å². The quantitative estimate of drug-likeness (QED) is 0.754.